The lowest BCUT2D eigenvalue weighted by Crippen LogP contribution is -1.99. The van der Waals surface area contributed by atoms with Gasteiger partial charge in [-0.1, -0.05) is 0 Å². The van der Waals surface area contributed by atoms with Gasteiger partial charge in [-0.2, -0.15) is 0 Å². The second-order valence-corrected chi connectivity index (χ2v) is 5.25. The van der Waals surface area contributed by atoms with Crippen LogP contribution in [0.1, 0.15) is 15.2 Å². The normalized spacial score (nSPS) is 10.8. The van der Waals surface area contributed by atoms with E-state index in [1.165, 1.54) is 17.7 Å². The minimum atomic E-state index is -0.00556. The third-order valence-electron chi connectivity index (χ3n) is 2.19. The number of thiophene rings is 2. The monoisotopic (exact) mass is 246 g/mol. The molecule has 0 aromatic carbocycles. The van der Waals surface area contributed by atoms with E-state index in [1.807, 2.05) is 17.5 Å². The van der Waals surface area contributed by atoms with Crippen molar-refractivity contribution in [2.24, 2.45) is 0 Å². The van der Waals surface area contributed by atoms with Crippen molar-refractivity contribution in [2.45, 2.75) is 0 Å². The van der Waals surface area contributed by atoms with Crippen molar-refractivity contribution in [3.05, 3.63) is 46.7 Å². The molecule has 5 heteroatoms. The van der Waals surface area contributed by atoms with E-state index in [-0.39, 0.29) is 5.78 Å². The molecule has 0 atom stereocenters. The summed E-state index contributed by atoms with van der Waals surface area (Å²) in [6, 6.07) is 3.96. The van der Waals surface area contributed by atoms with Crippen LogP contribution < -0.4 is 0 Å². The van der Waals surface area contributed by atoms with Crippen LogP contribution in [-0.4, -0.2) is 15.8 Å². The fourth-order valence-corrected chi connectivity index (χ4v) is 3.51. The molecule has 0 bridgehead atoms. The highest BCUT2D eigenvalue weighted by Gasteiger charge is 2.13. The molecule has 78 valence electrons. The van der Waals surface area contributed by atoms with Crippen LogP contribution in [-0.2, 0) is 0 Å². The summed E-state index contributed by atoms with van der Waals surface area (Å²) in [6.45, 7) is 0. The summed E-state index contributed by atoms with van der Waals surface area (Å²) in [6.07, 6.45) is 4.51. The molecule has 0 saturated heterocycles. The zero-order valence-corrected chi connectivity index (χ0v) is 9.72. The first kappa shape index (κ1) is 9.62. The van der Waals surface area contributed by atoms with E-state index in [0.717, 1.165) is 14.3 Å². The number of hydrogen-bond donors (Lipinski definition) is 0. The van der Waals surface area contributed by atoms with E-state index < -0.39 is 0 Å². The number of hydrogen-bond acceptors (Lipinski definition) is 5. The van der Waals surface area contributed by atoms with Crippen molar-refractivity contribution >= 4 is 37.9 Å². The Morgan fingerprint density at radius 2 is 2.00 bits per heavy atom. The maximum Gasteiger partial charge on any atom is 0.206 e. The standard InChI is InChI=1S/C11H6N2OS2/c14-11(7-4-12-6-13-5-7)10-3-9-8(16-10)1-2-15-9/h1-6H. The van der Waals surface area contributed by atoms with Crippen LogP contribution in [0.4, 0.5) is 0 Å². The van der Waals surface area contributed by atoms with Gasteiger partial charge in [-0.25, -0.2) is 9.97 Å². The quantitative estimate of drug-likeness (QED) is 0.653. The number of carbonyl (C=O) groups excluding carboxylic acids is 1. The Morgan fingerprint density at radius 3 is 2.75 bits per heavy atom. The average Bonchev–Trinajstić information content (AvgIpc) is 2.89. The Bertz CT molecular complexity index is 614. The lowest BCUT2D eigenvalue weighted by Gasteiger charge is -1.94. The summed E-state index contributed by atoms with van der Waals surface area (Å²) in [5.41, 5.74) is 0.538. The van der Waals surface area contributed by atoms with Gasteiger partial charge >= 0.3 is 0 Å². The van der Waals surface area contributed by atoms with E-state index in [1.54, 1.807) is 23.7 Å². The van der Waals surface area contributed by atoms with Gasteiger partial charge in [0.25, 0.3) is 0 Å². The maximum atomic E-state index is 12.0. The average molecular weight is 246 g/mol. The first-order valence-electron chi connectivity index (χ1n) is 4.61. The molecule has 0 unspecified atom stereocenters. The van der Waals surface area contributed by atoms with Crippen molar-refractivity contribution in [2.75, 3.05) is 0 Å². The first-order chi connectivity index (χ1) is 7.84. The molecule has 3 rings (SSSR count). The number of ketones is 1. The second kappa shape index (κ2) is 3.77. The van der Waals surface area contributed by atoms with Crippen molar-refractivity contribution in [3.63, 3.8) is 0 Å². The third-order valence-corrected chi connectivity index (χ3v) is 4.28. The highest BCUT2D eigenvalue weighted by Crippen LogP contribution is 2.30. The Kier molecular flexibility index (Phi) is 2.27. The van der Waals surface area contributed by atoms with Gasteiger partial charge in [0.05, 0.1) is 10.4 Å². The number of aromatic nitrogens is 2. The Hall–Kier alpha value is -1.59. The predicted molar refractivity (Wildman–Crippen MR) is 65.2 cm³/mol. The number of carbonyl (C=O) groups is 1. The summed E-state index contributed by atoms with van der Waals surface area (Å²) in [5, 5.41) is 2.03. The molecule has 3 aromatic heterocycles. The zero-order valence-electron chi connectivity index (χ0n) is 8.08. The first-order valence-corrected chi connectivity index (χ1v) is 6.31. The van der Waals surface area contributed by atoms with E-state index in [4.69, 9.17) is 0 Å². The molecular formula is C11H6N2OS2. The molecule has 3 aromatic rings. The SMILES string of the molecule is O=C(c1cncnc1)c1cc2sccc2s1. The molecule has 0 aliphatic heterocycles. The number of fused-ring (bicyclic) bond motifs is 1. The molecule has 0 aliphatic rings. The Morgan fingerprint density at radius 1 is 1.19 bits per heavy atom. The number of nitrogens with zero attached hydrogens (tertiary/aromatic N) is 2. The Labute approximate surface area is 99.4 Å². The molecule has 0 fully saturated rings. The minimum Gasteiger partial charge on any atom is -0.288 e. The number of rotatable bonds is 2. The smallest absolute Gasteiger partial charge is 0.206 e. The summed E-state index contributed by atoms with van der Waals surface area (Å²) >= 11 is 3.16. The van der Waals surface area contributed by atoms with Crippen LogP contribution in [0.25, 0.3) is 9.40 Å². The molecule has 0 saturated carbocycles. The van der Waals surface area contributed by atoms with Crippen LogP contribution in [0.3, 0.4) is 0 Å². The second-order valence-electron chi connectivity index (χ2n) is 3.22. The lowest BCUT2D eigenvalue weighted by atomic mass is 10.2. The zero-order chi connectivity index (χ0) is 11.0. The van der Waals surface area contributed by atoms with Gasteiger partial charge in [-0.15, -0.1) is 22.7 Å². The van der Waals surface area contributed by atoms with Gasteiger partial charge in [0.15, 0.2) is 0 Å². The molecule has 16 heavy (non-hydrogen) atoms. The van der Waals surface area contributed by atoms with E-state index >= 15 is 0 Å². The summed E-state index contributed by atoms with van der Waals surface area (Å²) in [7, 11) is 0. The van der Waals surface area contributed by atoms with E-state index in [0.29, 0.717) is 5.56 Å². The van der Waals surface area contributed by atoms with E-state index in [9.17, 15) is 4.79 Å². The fourth-order valence-electron chi connectivity index (χ4n) is 1.44. The third kappa shape index (κ3) is 1.54. The summed E-state index contributed by atoms with van der Waals surface area (Å²) in [5.74, 6) is -0.00556. The molecule has 0 radical (unpaired) electrons. The molecule has 0 N–H and O–H groups in total. The van der Waals surface area contributed by atoms with Crippen LogP contribution in [0.15, 0.2) is 36.2 Å². The highest BCUT2D eigenvalue weighted by molar-refractivity contribution is 7.28. The van der Waals surface area contributed by atoms with Crippen LogP contribution >= 0.6 is 22.7 Å². The van der Waals surface area contributed by atoms with Crippen molar-refractivity contribution in [3.8, 4) is 0 Å². The van der Waals surface area contributed by atoms with Crippen molar-refractivity contribution in [1.82, 2.24) is 9.97 Å². The van der Waals surface area contributed by atoms with Crippen molar-refractivity contribution < 1.29 is 4.79 Å². The van der Waals surface area contributed by atoms with Gasteiger partial charge in [0.2, 0.25) is 5.78 Å². The van der Waals surface area contributed by atoms with Crippen LogP contribution in [0, 0.1) is 0 Å². The van der Waals surface area contributed by atoms with Gasteiger partial charge in [-0.05, 0) is 17.5 Å². The van der Waals surface area contributed by atoms with Gasteiger partial charge in [0.1, 0.15) is 6.33 Å². The molecular weight excluding hydrogens is 240 g/mol. The van der Waals surface area contributed by atoms with E-state index in [2.05, 4.69) is 9.97 Å². The summed E-state index contributed by atoms with van der Waals surface area (Å²) in [4.78, 5) is 20.5. The topological polar surface area (TPSA) is 42.9 Å². The molecule has 0 amide bonds. The van der Waals surface area contributed by atoms with Gasteiger partial charge in [-0.3, -0.25) is 4.79 Å². The predicted octanol–water partition coefficient (Wildman–Crippen LogP) is 2.98. The molecule has 0 spiro atoms. The maximum absolute atomic E-state index is 12.0. The molecule has 0 aliphatic carbocycles. The summed E-state index contributed by atoms with van der Waals surface area (Å²) < 4.78 is 2.32. The lowest BCUT2D eigenvalue weighted by molar-refractivity contribution is 0.104. The fraction of sp³-hybridized carbons (Fsp3) is 0. The largest absolute Gasteiger partial charge is 0.288 e. The van der Waals surface area contributed by atoms with Gasteiger partial charge < -0.3 is 0 Å². The molecule has 3 nitrogen and oxygen atoms in total. The van der Waals surface area contributed by atoms with Crippen LogP contribution in [0.2, 0.25) is 0 Å². The van der Waals surface area contributed by atoms with Crippen LogP contribution in [0.5, 0.6) is 0 Å². The van der Waals surface area contributed by atoms with Crippen molar-refractivity contribution in [1.29, 1.82) is 0 Å². The Balaban J connectivity index is 2.05. The van der Waals surface area contributed by atoms with Gasteiger partial charge in [0, 0.05) is 21.8 Å². The minimum absolute atomic E-state index is 0.00556. The highest BCUT2D eigenvalue weighted by atomic mass is 32.1. The molecule has 3 heterocycles.